The number of rotatable bonds is 0. The van der Waals surface area contributed by atoms with Gasteiger partial charge in [0.25, 0.3) is 0 Å². The SMILES string of the molecule is Cc1nc2cccc3c2n1CC(N)C3. The molecule has 1 aromatic heterocycles. The standard InChI is InChI=1S/C11H13N3/c1-7-13-10-4-2-3-8-5-9(12)6-14(7)11(8)10/h2-4,9H,5-6,12H2,1H3. The molecule has 1 aliphatic rings. The van der Waals surface area contributed by atoms with E-state index >= 15 is 0 Å². The second kappa shape index (κ2) is 2.58. The predicted octanol–water partition coefficient (Wildman–Crippen LogP) is 1.23. The van der Waals surface area contributed by atoms with Gasteiger partial charge in [-0.25, -0.2) is 4.98 Å². The van der Waals surface area contributed by atoms with Gasteiger partial charge in [-0.3, -0.25) is 0 Å². The van der Waals surface area contributed by atoms with E-state index in [0.29, 0.717) is 0 Å². The largest absolute Gasteiger partial charge is 0.326 e. The highest BCUT2D eigenvalue weighted by Crippen LogP contribution is 2.25. The van der Waals surface area contributed by atoms with E-state index in [4.69, 9.17) is 5.73 Å². The number of nitrogens with zero attached hydrogens (tertiary/aromatic N) is 2. The molecule has 1 unspecified atom stereocenters. The van der Waals surface area contributed by atoms with Crippen molar-refractivity contribution in [1.82, 2.24) is 9.55 Å². The van der Waals surface area contributed by atoms with E-state index < -0.39 is 0 Å². The van der Waals surface area contributed by atoms with Crippen LogP contribution in [-0.4, -0.2) is 15.6 Å². The minimum Gasteiger partial charge on any atom is -0.326 e. The third kappa shape index (κ3) is 0.930. The molecule has 0 spiro atoms. The Labute approximate surface area is 82.5 Å². The van der Waals surface area contributed by atoms with E-state index in [-0.39, 0.29) is 6.04 Å². The Morgan fingerprint density at radius 2 is 2.36 bits per heavy atom. The maximum Gasteiger partial charge on any atom is 0.106 e. The van der Waals surface area contributed by atoms with E-state index in [9.17, 15) is 0 Å². The van der Waals surface area contributed by atoms with Crippen LogP contribution in [0.15, 0.2) is 18.2 Å². The third-order valence-corrected chi connectivity index (χ3v) is 2.94. The van der Waals surface area contributed by atoms with Crippen LogP contribution in [0.1, 0.15) is 11.4 Å². The minimum atomic E-state index is 0.237. The highest BCUT2D eigenvalue weighted by Gasteiger charge is 2.19. The average Bonchev–Trinajstić information content (AvgIpc) is 2.45. The van der Waals surface area contributed by atoms with Crippen LogP contribution >= 0.6 is 0 Å². The molecule has 72 valence electrons. The fourth-order valence-electron chi connectivity index (χ4n) is 2.35. The topological polar surface area (TPSA) is 43.8 Å². The maximum atomic E-state index is 6.00. The molecule has 0 radical (unpaired) electrons. The van der Waals surface area contributed by atoms with Crippen molar-refractivity contribution in [2.75, 3.05) is 0 Å². The van der Waals surface area contributed by atoms with E-state index in [1.165, 1.54) is 11.1 Å². The Morgan fingerprint density at radius 1 is 1.50 bits per heavy atom. The van der Waals surface area contributed by atoms with Gasteiger partial charge in [0.1, 0.15) is 5.82 Å². The van der Waals surface area contributed by atoms with Gasteiger partial charge in [-0.1, -0.05) is 12.1 Å². The summed E-state index contributed by atoms with van der Waals surface area (Å²) in [6, 6.07) is 6.52. The lowest BCUT2D eigenvalue weighted by atomic mass is 10.0. The first-order valence-corrected chi connectivity index (χ1v) is 4.96. The van der Waals surface area contributed by atoms with Crippen molar-refractivity contribution < 1.29 is 0 Å². The van der Waals surface area contributed by atoms with Crippen LogP contribution in [0.5, 0.6) is 0 Å². The molecule has 2 heterocycles. The molecule has 3 nitrogen and oxygen atoms in total. The first-order chi connectivity index (χ1) is 6.75. The van der Waals surface area contributed by atoms with Crippen molar-refractivity contribution in [2.45, 2.75) is 25.9 Å². The zero-order chi connectivity index (χ0) is 9.71. The summed E-state index contributed by atoms with van der Waals surface area (Å²) in [4.78, 5) is 4.53. The van der Waals surface area contributed by atoms with Gasteiger partial charge >= 0.3 is 0 Å². The van der Waals surface area contributed by atoms with Crippen molar-refractivity contribution in [2.24, 2.45) is 5.73 Å². The van der Waals surface area contributed by atoms with Crippen LogP contribution in [-0.2, 0) is 13.0 Å². The summed E-state index contributed by atoms with van der Waals surface area (Å²) in [5, 5.41) is 0. The Bertz CT molecular complexity index is 498. The van der Waals surface area contributed by atoms with E-state index in [1.807, 2.05) is 6.92 Å². The Kier molecular flexibility index (Phi) is 1.47. The first-order valence-electron chi connectivity index (χ1n) is 4.96. The van der Waals surface area contributed by atoms with Crippen molar-refractivity contribution in [1.29, 1.82) is 0 Å². The molecule has 0 bridgehead atoms. The normalized spacial score (nSPS) is 20.3. The fraction of sp³-hybridized carbons (Fsp3) is 0.364. The fourth-order valence-corrected chi connectivity index (χ4v) is 2.35. The number of aryl methyl sites for hydroxylation is 1. The summed E-state index contributed by atoms with van der Waals surface area (Å²) in [5.74, 6) is 1.07. The molecule has 2 N–H and O–H groups in total. The number of benzene rings is 1. The number of hydrogen-bond acceptors (Lipinski definition) is 2. The lowest BCUT2D eigenvalue weighted by Gasteiger charge is -2.21. The van der Waals surface area contributed by atoms with Crippen LogP contribution < -0.4 is 5.73 Å². The molecule has 1 aliphatic heterocycles. The van der Waals surface area contributed by atoms with Crippen LogP contribution in [0.25, 0.3) is 11.0 Å². The lowest BCUT2D eigenvalue weighted by Crippen LogP contribution is -2.32. The van der Waals surface area contributed by atoms with Gasteiger partial charge in [-0.2, -0.15) is 0 Å². The van der Waals surface area contributed by atoms with Crippen LogP contribution in [0.4, 0.5) is 0 Å². The molecule has 14 heavy (non-hydrogen) atoms. The molecule has 3 rings (SSSR count). The Hall–Kier alpha value is -1.35. The van der Waals surface area contributed by atoms with Crippen LogP contribution in [0, 0.1) is 6.92 Å². The highest BCUT2D eigenvalue weighted by atomic mass is 15.1. The molecular formula is C11H13N3. The Morgan fingerprint density at radius 3 is 3.21 bits per heavy atom. The lowest BCUT2D eigenvalue weighted by molar-refractivity contribution is 0.530. The molecule has 0 amide bonds. The number of para-hydroxylation sites is 1. The van der Waals surface area contributed by atoms with Gasteiger partial charge in [0.05, 0.1) is 11.0 Å². The van der Waals surface area contributed by atoms with Crippen molar-refractivity contribution in [3.8, 4) is 0 Å². The maximum absolute atomic E-state index is 6.00. The van der Waals surface area contributed by atoms with Crippen molar-refractivity contribution >= 4 is 11.0 Å². The minimum absolute atomic E-state index is 0.237. The average molecular weight is 187 g/mol. The quantitative estimate of drug-likeness (QED) is 0.674. The second-order valence-corrected chi connectivity index (χ2v) is 4.02. The van der Waals surface area contributed by atoms with Crippen molar-refractivity contribution in [3.63, 3.8) is 0 Å². The van der Waals surface area contributed by atoms with Gasteiger partial charge in [0, 0.05) is 12.6 Å². The van der Waals surface area contributed by atoms with Gasteiger partial charge in [-0.05, 0) is 25.0 Å². The smallest absolute Gasteiger partial charge is 0.106 e. The zero-order valence-electron chi connectivity index (χ0n) is 8.20. The monoisotopic (exact) mass is 187 g/mol. The summed E-state index contributed by atoms with van der Waals surface area (Å²) < 4.78 is 2.23. The van der Waals surface area contributed by atoms with Gasteiger partial charge in [-0.15, -0.1) is 0 Å². The number of imidazole rings is 1. The zero-order valence-corrected chi connectivity index (χ0v) is 8.20. The summed E-state index contributed by atoms with van der Waals surface area (Å²) in [6.07, 6.45) is 0.975. The van der Waals surface area contributed by atoms with Gasteiger partial charge < -0.3 is 10.3 Å². The number of aromatic nitrogens is 2. The van der Waals surface area contributed by atoms with Crippen molar-refractivity contribution in [3.05, 3.63) is 29.6 Å². The molecule has 1 aromatic carbocycles. The van der Waals surface area contributed by atoms with E-state index in [0.717, 1.165) is 24.3 Å². The molecule has 0 saturated carbocycles. The highest BCUT2D eigenvalue weighted by molar-refractivity contribution is 5.80. The molecule has 3 heteroatoms. The number of nitrogens with two attached hydrogens (primary N) is 1. The molecular weight excluding hydrogens is 174 g/mol. The summed E-state index contributed by atoms with van der Waals surface area (Å²) in [6.45, 7) is 2.95. The Balaban J connectivity index is 2.41. The molecule has 0 fully saturated rings. The summed E-state index contributed by atoms with van der Waals surface area (Å²) in [7, 11) is 0. The third-order valence-electron chi connectivity index (χ3n) is 2.94. The summed E-state index contributed by atoms with van der Waals surface area (Å²) >= 11 is 0. The first kappa shape index (κ1) is 8.00. The molecule has 2 aromatic rings. The van der Waals surface area contributed by atoms with E-state index in [1.54, 1.807) is 0 Å². The molecule has 1 atom stereocenters. The molecule has 0 aliphatic carbocycles. The number of hydrogen-bond donors (Lipinski definition) is 1. The van der Waals surface area contributed by atoms with Gasteiger partial charge in [0.2, 0.25) is 0 Å². The summed E-state index contributed by atoms with van der Waals surface area (Å²) in [5.41, 5.74) is 9.73. The van der Waals surface area contributed by atoms with E-state index in [2.05, 4.69) is 27.8 Å². The van der Waals surface area contributed by atoms with Crippen LogP contribution in [0.3, 0.4) is 0 Å². The molecule has 0 saturated heterocycles. The predicted molar refractivity (Wildman–Crippen MR) is 56.1 cm³/mol. The van der Waals surface area contributed by atoms with Crippen LogP contribution in [0.2, 0.25) is 0 Å². The van der Waals surface area contributed by atoms with Gasteiger partial charge in [0.15, 0.2) is 0 Å². The second-order valence-electron chi connectivity index (χ2n) is 4.02.